The maximum Gasteiger partial charge on any atom is 0.313 e. The average Bonchev–Trinajstić information content (AvgIpc) is 3.76. The van der Waals surface area contributed by atoms with Gasteiger partial charge in [0.2, 0.25) is 11.8 Å². The average molecular weight is 673 g/mol. The number of hydrogen-bond donors (Lipinski definition) is 2. The number of hydrogen-bond acceptors (Lipinski definition) is 8. The summed E-state index contributed by atoms with van der Waals surface area (Å²) in [5.74, 6) is -3.51. The van der Waals surface area contributed by atoms with Gasteiger partial charge in [0, 0.05) is 44.0 Å². The Balaban J connectivity index is 1.43. The SMILES string of the molecule is C=CCCC(=O)NC[C@H](OC(=O)[C@@H]1[C@H]2C(=O)N(CCO)[C@H](C(=O)N(CC=C)c3ccc(N(CC)CC)cc3)[C@]23CC[C@H]1O3)c1ccccc1. The van der Waals surface area contributed by atoms with Crippen molar-refractivity contribution in [2.24, 2.45) is 11.8 Å². The van der Waals surface area contributed by atoms with Crippen molar-refractivity contribution >= 4 is 35.1 Å². The third-order valence-electron chi connectivity index (χ3n) is 10.0. The van der Waals surface area contributed by atoms with Gasteiger partial charge in [-0.05, 0) is 62.9 Å². The Hall–Kier alpha value is -4.48. The van der Waals surface area contributed by atoms with Gasteiger partial charge < -0.3 is 34.6 Å². The highest BCUT2D eigenvalue weighted by molar-refractivity contribution is 6.04. The van der Waals surface area contributed by atoms with Crippen LogP contribution < -0.4 is 15.1 Å². The molecule has 262 valence electrons. The highest BCUT2D eigenvalue weighted by Crippen LogP contribution is 2.59. The van der Waals surface area contributed by atoms with E-state index < -0.39 is 47.6 Å². The molecule has 2 aromatic rings. The minimum Gasteiger partial charge on any atom is -0.455 e. The first-order valence-corrected chi connectivity index (χ1v) is 17.2. The summed E-state index contributed by atoms with van der Waals surface area (Å²) in [6.45, 7) is 13.2. The molecule has 2 N–H and O–H groups in total. The van der Waals surface area contributed by atoms with Crippen LogP contribution in [-0.4, -0.2) is 90.8 Å². The second kappa shape index (κ2) is 15.8. The van der Waals surface area contributed by atoms with E-state index in [-0.39, 0.29) is 44.5 Å². The summed E-state index contributed by atoms with van der Waals surface area (Å²) in [7, 11) is 0. The van der Waals surface area contributed by atoms with E-state index in [1.807, 2.05) is 54.6 Å². The molecule has 3 fully saturated rings. The van der Waals surface area contributed by atoms with Crippen LogP contribution in [0.25, 0.3) is 0 Å². The number of carbonyl (C=O) groups excluding carboxylic acids is 4. The van der Waals surface area contributed by atoms with Crippen molar-refractivity contribution in [1.82, 2.24) is 10.2 Å². The molecule has 5 rings (SSSR count). The van der Waals surface area contributed by atoms with Gasteiger partial charge in [-0.15, -0.1) is 13.2 Å². The Morgan fingerprint density at radius 2 is 1.78 bits per heavy atom. The van der Waals surface area contributed by atoms with E-state index >= 15 is 0 Å². The summed E-state index contributed by atoms with van der Waals surface area (Å²) in [6, 6.07) is 15.7. The number of anilines is 2. The predicted octanol–water partition coefficient (Wildman–Crippen LogP) is 3.79. The molecule has 0 aromatic heterocycles. The van der Waals surface area contributed by atoms with Gasteiger partial charge in [0.25, 0.3) is 5.91 Å². The number of esters is 1. The molecule has 0 saturated carbocycles. The second-order valence-corrected chi connectivity index (χ2v) is 12.7. The number of aliphatic hydroxyl groups is 1. The molecule has 3 aliphatic heterocycles. The van der Waals surface area contributed by atoms with Crippen LogP contribution in [0.2, 0.25) is 0 Å². The molecule has 3 heterocycles. The van der Waals surface area contributed by atoms with Crippen LogP contribution in [0.4, 0.5) is 11.4 Å². The number of benzene rings is 2. The lowest BCUT2D eigenvalue weighted by molar-refractivity contribution is -0.160. The van der Waals surface area contributed by atoms with Crippen LogP contribution in [0.1, 0.15) is 51.2 Å². The normalized spacial score (nSPS) is 24.2. The third kappa shape index (κ3) is 7.00. The van der Waals surface area contributed by atoms with Gasteiger partial charge in [-0.3, -0.25) is 19.2 Å². The van der Waals surface area contributed by atoms with Gasteiger partial charge in [-0.2, -0.15) is 0 Å². The molecule has 2 bridgehead atoms. The van der Waals surface area contributed by atoms with Crippen molar-refractivity contribution in [3.63, 3.8) is 0 Å². The van der Waals surface area contributed by atoms with Gasteiger partial charge in [-0.1, -0.05) is 42.5 Å². The quantitative estimate of drug-likeness (QED) is 0.192. The Bertz CT molecular complexity index is 1510. The predicted molar refractivity (Wildman–Crippen MR) is 187 cm³/mol. The maximum atomic E-state index is 14.6. The number of nitrogens with zero attached hydrogens (tertiary/aromatic N) is 3. The van der Waals surface area contributed by atoms with Crippen LogP contribution >= 0.6 is 0 Å². The summed E-state index contributed by atoms with van der Waals surface area (Å²) in [5.41, 5.74) is 1.10. The first-order chi connectivity index (χ1) is 23.7. The Kier molecular flexibility index (Phi) is 11.6. The highest BCUT2D eigenvalue weighted by atomic mass is 16.6. The molecule has 3 amide bonds. The molecular formula is C38H48N4O7. The number of β-amino-alcohol motifs (C(OH)–C–C–N with tert-alkyl or cyclic N) is 1. The summed E-state index contributed by atoms with van der Waals surface area (Å²) >= 11 is 0. The number of fused-ring (bicyclic) bond motifs is 1. The maximum absolute atomic E-state index is 14.6. The summed E-state index contributed by atoms with van der Waals surface area (Å²) in [5, 5.41) is 12.9. The zero-order valence-corrected chi connectivity index (χ0v) is 28.5. The molecular weight excluding hydrogens is 624 g/mol. The standard InChI is InChI=1S/C38H48N4O7/c1-5-9-15-31(44)39-25-30(26-13-11-10-12-14-26)48-37(47)32-29-20-21-38(49-29)33(32)35(45)42(23-24-43)34(38)36(46)41(22-6-2)28-18-16-27(17-19-28)40(7-3)8-4/h5-6,10-14,16-19,29-30,32-34,43H,1-2,7-9,15,20-25H2,3-4H3,(H,39,44)/t29-,30+,32+,33+,34-,38+/m1/s1. The number of amides is 3. The molecule has 1 spiro atoms. The minimum atomic E-state index is -1.26. The van der Waals surface area contributed by atoms with Crippen molar-refractivity contribution < 1.29 is 33.8 Å². The van der Waals surface area contributed by atoms with E-state index in [1.54, 1.807) is 17.1 Å². The lowest BCUT2D eigenvalue weighted by atomic mass is 9.70. The number of allylic oxidation sites excluding steroid dienone is 1. The fourth-order valence-corrected chi connectivity index (χ4v) is 7.72. The Morgan fingerprint density at radius 1 is 1.08 bits per heavy atom. The minimum absolute atomic E-state index is 0.0506. The van der Waals surface area contributed by atoms with Crippen molar-refractivity contribution in [3.8, 4) is 0 Å². The number of carbonyl (C=O) groups is 4. The number of likely N-dealkylation sites (tertiary alicyclic amines) is 1. The van der Waals surface area contributed by atoms with Crippen LogP contribution in [0.15, 0.2) is 79.9 Å². The third-order valence-corrected chi connectivity index (χ3v) is 10.0. The number of ether oxygens (including phenoxy) is 2. The van der Waals surface area contributed by atoms with E-state index in [0.717, 1.165) is 18.8 Å². The van der Waals surface area contributed by atoms with Gasteiger partial charge in [0.15, 0.2) is 0 Å². The first kappa shape index (κ1) is 35.8. The molecule has 3 aliphatic rings. The Labute approximate surface area is 288 Å². The number of aliphatic hydroxyl groups excluding tert-OH is 1. The summed E-state index contributed by atoms with van der Waals surface area (Å²) in [4.78, 5) is 60.5. The van der Waals surface area contributed by atoms with E-state index in [4.69, 9.17) is 9.47 Å². The lowest BCUT2D eigenvalue weighted by Crippen LogP contribution is -2.56. The molecule has 11 nitrogen and oxygen atoms in total. The number of nitrogens with one attached hydrogen (secondary N) is 1. The highest BCUT2D eigenvalue weighted by Gasteiger charge is 2.75. The molecule has 6 atom stereocenters. The van der Waals surface area contributed by atoms with Gasteiger partial charge in [0.05, 0.1) is 31.1 Å². The fraction of sp³-hybridized carbons (Fsp3) is 0.474. The lowest BCUT2D eigenvalue weighted by Gasteiger charge is -2.36. The zero-order valence-electron chi connectivity index (χ0n) is 28.5. The smallest absolute Gasteiger partial charge is 0.313 e. The van der Waals surface area contributed by atoms with E-state index in [9.17, 15) is 24.3 Å². The van der Waals surface area contributed by atoms with E-state index in [2.05, 4.69) is 37.2 Å². The Morgan fingerprint density at radius 3 is 2.41 bits per heavy atom. The summed E-state index contributed by atoms with van der Waals surface area (Å²) < 4.78 is 12.7. The van der Waals surface area contributed by atoms with Gasteiger partial charge in [-0.25, -0.2) is 0 Å². The first-order valence-electron chi connectivity index (χ1n) is 17.2. The van der Waals surface area contributed by atoms with Crippen LogP contribution in [0.5, 0.6) is 0 Å². The van der Waals surface area contributed by atoms with Crippen molar-refractivity contribution in [1.29, 1.82) is 0 Å². The van der Waals surface area contributed by atoms with Gasteiger partial charge >= 0.3 is 5.97 Å². The largest absolute Gasteiger partial charge is 0.455 e. The van der Waals surface area contributed by atoms with E-state index in [1.165, 1.54) is 4.90 Å². The molecule has 0 radical (unpaired) electrons. The van der Waals surface area contributed by atoms with Crippen molar-refractivity contribution in [3.05, 3.63) is 85.5 Å². The monoisotopic (exact) mass is 672 g/mol. The molecule has 0 unspecified atom stereocenters. The van der Waals surface area contributed by atoms with Crippen LogP contribution in [-0.2, 0) is 28.7 Å². The molecule has 2 aromatic carbocycles. The van der Waals surface area contributed by atoms with Crippen molar-refractivity contribution in [2.45, 2.75) is 63.4 Å². The fourth-order valence-electron chi connectivity index (χ4n) is 7.72. The molecule has 49 heavy (non-hydrogen) atoms. The molecule has 0 aliphatic carbocycles. The number of rotatable bonds is 17. The van der Waals surface area contributed by atoms with Gasteiger partial charge in [0.1, 0.15) is 17.7 Å². The van der Waals surface area contributed by atoms with Crippen LogP contribution in [0.3, 0.4) is 0 Å². The topological polar surface area (TPSA) is 129 Å². The van der Waals surface area contributed by atoms with Crippen LogP contribution in [0, 0.1) is 11.8 Å². The molecule has 3 saturated heterocycles. The zero-order chi connectivity index (χ0) is 35.1. The second-order valence-electron chi connectivity index (χ2n) is 12.7. The van der Waals surface area contributed by atoms with Crippen molar-refractivity contribution in [2.75, 3.05) is 49.1 Å². The summed E-state index contributed by atoms with van der Waals surface area (Å²) in [6.07, 6.45) is 3.52. The van der Waals surface area contributed by atoms with E-state index in [0.29, 0.717) is 30.5 Å². The molecule has 11 heteroatoms.